The summed E-state index contributed by atoms with van der Waals surface area (Å²) in [5.74, 6) is 1.39. The highest BCUT2D eigenvalue weighted by Gasteiger charge is 2.10. The van der Waals surface area contributed by atoms with Gasteiger partial charge >= 0.3 is 0 Å². The molecule has 0 amide bonds. The lowest BCUT2D eigenvalue weighted by molar-refractivity contribution is 0.238. The van der Waals surface area contributed by atoms with Crippen LogP contribution in [0.4, 0.5) is 0 Å². The molecule has 1 atom stereocenters. The molecule has 0 saturated heterocycles. The zero-order valence-electron chi connectivity index (χ0n) is 16.8. The summed E-state index contributed by atoms with van der Waals surface area (Å²) in [7, 11) is 5.56. The van der Waals surface area contributed by atoms with Gasteiger partial charge in [0.05, 0.1) is 19.3 Å². The number of methoxy groups -OCH3 is 1. The molecule has 0 aliphatic carbocycles. The van der Waals surface area contributed by atoms with Crippen LogP contribution in [0.1, 0.15) is 24.6 Å². The van der Waals surface area contributed by atoms with Crippen molar-refractivity contribution in [1.29, 1.82) is 0 Å². The third-order valence-corrected chi connectivity index (χ3v) is 4.53. The molecule has 2 N–H and O–H groups in total. The van der Waals surface area contributed by atoms with Crippen molar-refractivity contribution in [2.75, 3.05) is 27.7 Å². The molecule has 146 valence electrons. The van der Waals surface area contributed by atoms with Gasteiger partial charge in [0, 0.05) is 32.2 Å². The van der Waals surface area contributed by atoms with Gasteiger partial charge in [-0.2, -0.15) is 0 Å². The second kappa shape index (κ2) is 11.2. The minimum Gasteiger partial charge on any atom is -0.481 e. The molecule has 0 spiro atoms. The van der Waals surface area contributed by atoms with Crippen molar-refractivity contribution in [1.82, 2.24) is 20.5 Å². The van der Waals surface area contributed by atoms with E-state index in [1.807, 2.05) is 18.2 Å². The van der Waals surface area contributed by atoms with E-state index in [-0.39, 0.29) is 0 Å². The van der Waals surface area contributed by atoms with Crippen LogP contribution in [0, 0.1) is 0 Å². The zero-order valence-corrected chi connectivity index (χ0v) is 16.8. The molecular formula is C21H31N5O. The zero-order chi connectivity index (χ0) is 19.5. The van der Waals surface area contributed by atoms with Crippen molar-refractivity contribution >= 4 is 5.96 Å². The molecule has 0 fully saturated rings. The highest BCUT2D eigenvalue weighted by atomic mass is 16.5. The lowest BCUT2D eigenvalue weighted by Crippen LogP contribution is -2.39. The summed E-state index contributed by atoms with van der Waals surface area (Å²) in [6.45, 7) is 4.66. The van der Waals surface area contributed by atoms with Crippen LogP contribution in [0.15, 0.2) is 53.5 Å². The van der Waals surface area contributed by atoms with Crippen LogP contribution in [0.3, 0.4) is 0 Å². The Bertz CT molecular complexity index is 705. The molecule has 2 rings (SSSR count). The van der Waals surface area contributed by atoms with E-state index >= 15 is 0 Å². The van der Waals surface area contributed by atoms with E-state index in [0.29, 0.717) is 18.5 Å². The fraction of sp³-hybridized carbons (Fsp3) is 0.429. The monoisotopic (exact) mass is 369 g/mol. The maximum absolute atomic E-state index is 5.15. The van der Waals surface area contributed by atoms with Crippen LogP contribution >= 0.6 is 0 Å². The number of rotatable bonds is 9. The normalized spacial score (nSPS) is 12.7. The lowest BCUT2D eigenvalue weighted by Gasteiger charge is -2.25. The highest BCUT2D eigenvalue weighted by molar-refractivity contribution is 5.79. The van der Waals surface area contributed by atoms with Gasteiger partial charge in [-0.15, -0.1) is 0 Å². The Morgan fingerprint density at radius 1 is 1.15 bits per heavy atom. The Morgan fingerprint density at radius 2 is 1.93 bits per heavy atom. The van der Waals surface area contributed by atoms with Crippen molar-refractivity contribution in [3.63, 3.8) is 0 Å². The predicted molar refractivity (Wildman–Crippen MR) is 111 cm³/mol. The minimum atomic E-state index is 0.468. The average Bonchev–Trinajstić information content (AvgIpc) is 2.71. The molecule has 1 heterocycles. The smallest absolute Gasteiger partial charge is 0.213 e. The van der Waals surface area contributed by atoms with Crippen molar-refractivity contribution in [2.45, 2.75) is 32.5 Å². The molecule has 0 aliphatic rings. The van der Waals surface area contributed by atoms with E-state index < -0.39 is 0 Å². The predicted octanol–water partition coefficient (Wildman–Crippen LogP) is 2.67. The second-order valence-corrected chi connectivity index (χ2v) is 6.56. The first-order chi connectivity index (χ1) is 13.1. The van der Waals surface area contributed by atoms with E-state index in [0.717, 1.165) is 31.2 Å². The fourth-order valence-electron chi connectivity index (χ4n) is 2.71. The SMILES string of the molecule is CN=C(NCCC(C)N(C)Cc1ccccc1)NCc1cccc(OC)n1. The number of guanidine groups is 1. The molecule has 0 bridgehead atoms. The Kier molecular flexibility index (Phi) is 8.58. The van der Waals surface area contributed by atoms with E-state index in [1.54, 1.807) is 14.2 Å². The van der Waals surface area contributed by atoms with Gasteiger partial charge in [0.1, 0.15) is 0 Å². The minimum absolute atomic E-state index is 0.468. The topological polar surface area (TPSA) is 61.8 Å². The Labute approximate surface area is 162 Å². The van der Waals surface area contributed by atoms with E-state index in [4.69, 9.17) is 4.74 Å². The number of benzene rings is 1. The summed E-state index contributed by atoms with van der Waals surface area (Å²) >= 11 is 0. The molecule has 0 saturated carbocycles. The van der Waals surface area contributed by atoms with Gasteiger partial charge in [-0.25, -0.2) is 4.98 Å². The maximum Gasteiger partial charge on any atom is 0.213 e. The Morgan fingerprint density at radius 3 is 2.63 bits per heavy atom. The largest absolute Gasteiger partial charge is 0.481 e. The van der Waals surface area contributed by atoms with Gasteiger partial charge in [0.2, 0.25) is 5.88 Å². The number of nitrogens with one attached hydrogen (secondary N) is 2. The van der Waals surface area contributed by atoms with Gasteiger partial charge in [0.15, 0.2) is 5.96 Å². The summed E-state index contributed by atoms with van der Waals surface area (Å²) < 4.78 is 5.15. The van der Waals surface area contributed by atoms with Gasteiger partial charge in [0.25, 0.3) is 0 Å². The fourth-order valence-corrected chi connectivity index (χ4v) is 2.71. The summed E-state index contributed by atoms with van der Waals surface area (Å²) in [4.78, 5) is 11.0. The van der Waals surface area contributed by atoms with Crippen LogP contribution in [-0.2, 0) is 13.1 Å². The molecule has 2 aromatic rings. The summed E-state index contributed by atoms with van der Waals surface area (Å²) in [6, 6.07) is 16.8. The van der Waals surface area contributed by atoms with Crippen LogP contribution in [0.5, 0.6) is 5.88 Å². The highest BCUT2D eigenvalue weighted by Crippen LogP contribution is 2.08. The van der Waals surface area contributed by atoms with Gasteiger partial charge in [-0.1, -0.05) is 36.4 Å². The third-order valence-electron chi connectivity index (χ3n) is 4.53. The van der Waals surface area contributed by atoms with Crippen molar-refractivity contribution in [3.8, 4) is 5.88 Å². The third kappa shape index (κ3) is 7.27. The molecule has 6 nitrogen and oxygen atoms in total. The van der Waals surface area contributed by atoms with Crippen molar-refractivity contribution in [3.05, 3.63) is 59.8 Å². The number of hydrogen-bond donors (Lipinski definition) is 2. The lowest BCUT2D eigenvalue weighted by atomic mass is 10.1. The molecule has 0 aliphatic heterocycles. The van der Waals surface area contributed by atoms with E-state index in [2.05, 4.69) is 69.8 Å². The van der Waals surface area contributed by atoms with Crippen molar-refractivity contribution in [2.24, 2.45) is 4.99 Å². The molecular weight excluding hydrogens is 338 g/mol. The number of aromatic nitrogens is 1. The first kappa shape index (κ1) is 20.7. The Hall–Kier alpha value is -2.60. The van der Waals surface area contributed by atoms with Gasteiger partial charge in [-0.3, -0.25) is 9.89 Å². The van der Waals surface area contributed by atoms with E-state index in [1.165, 1.54) is 5.56 Å². The summed E-state index contributed by atoms with van der Waals surface area (Å²) in [5, 5.41) is 6.66. The number of hydrogen-bond acceptors (Lipinski definition) is 4. The molecule has 1 aromatic heterocycles. The first-order valence-electron chi connectivity index (χ1n) is 9.31. The number of aliphatic imine (C=N–C) groups is 1. The number of pyridine rings is 1. The van der Waals surface area contributed by atoms with Crippen LogP contribution in [0.2, 0.25) is 0 Å². The standard InChI is InChI=1S/C21H31N5O/c1-17(26(3)16-18-9-6-5-7-10-18)13-14-23-21(22-2)24-15-19-11-8-12-20(25-19)27-4/h5-12,17H,13-16H2,1-4H3,(H2,22,23,24). The molecule has 1 unspecified atom stereocenters. The Balaban J connectivity index is 1.72. The first-order valence-corrected chi connectivity index (χ1v) is 9.31. The van der Waals surface area contributed by atoms with Gasteiger partial charge in [-0.05, 0) is 32.0 Å². The molecule has 1 aromatic carbocycles. The van der Waals surface area contributed by atoms with Gasteiger partial charge < -0.3 is 15.4 Å². The molecule has 0 radical (unpaired) electrons. The van der Waals surface area contributed by atoms with Crippen LogP contribution in [0.25, 0.3) is 0 Å². The molecule has 27 heavy (non-hydrogen) atoms. The van der Waals surface area contributed by atoms with Crippen molar-refractivity contribution < 1.29 is 4.74 Å². The summed E-state index contributed by atoms with van der Waals surface area (Å²) in [5.41, 5.74) is 2.25. The maximum atomic E-state index is 5.15. The van der Waals surface area contributed by atoms with E-state index in [9.17, 15) is 0 Å². The number of ether oxygens (including phenoxy) is 1. The number of nitrogens with zero attached hydrogens (tertiary/aromatic N) is 3. The average molecular weight is 370 g/mol. The van der Waals surface area contributed by atoms with Crippen LogP contribution in [-0.4, -0.2) is 49.6 Å². The van der Waals surface area contributed by atoms with Crippen LogP contribution < -0.4 is 15.4 Å². The molecule has 6 heteroatoms. The second-order valence-electron chi connectivity index (χ2n) is 6.56. The quantitative estimate of drug-likeness (QED) is 0.526. The summed E-state index contributed by atoms with van der Waals surface area (Å²) in [6.07, 6.45) is 1.03.